The number of nitrogens with one attached hydrogen (secondary N) is 1. The molecule has 8 heteroatoms. The number of amides is 1. The topological polar surface area (TPSA) is 70.6 Å². The summed E-state index contributed by atoms with van der Waals surface area (Å²) in [7, 11) is 0. The lowest BCUT2D eigenvalue weighted by Gasteiger charge is -2.33. The number of carbonyl (C=O) groups is 1. The van der Waals surface area contributed by atoms with E-state index in [1.54, 1.807) is 0 Å². The van der Waals surface area contributed by atoms with Crippen LogP contribution >= 0.6 is 11.6 Å². The van der Waals surface area contributed by atoms with Gasteiger partial charge in [0.25, 0.3) is 0 Å². The molecule has 0 spiro atoms. The lowest BCUT2D eigenvalue weighted by atomic mass is 9.95. The average molecular weight is 416 g/mol. The Hall–Kier alpha value is -2.38. The van der Waals surface area contributed by atoms with Gasteiger partial charge in [0.15, 0.2) is 0 Å². The third-order valence-corrected chi connectivity index (χ3v) is 5.93. The molecule has 1 amide bonds. The normalized spacial score (nSPS) is 18.0. The largest absolute Gasteiger partial charge is 0.378 e. The van der Waals surface area contributed by atoms with Gasteiger partial charge in [-0.2, -0.15) is 0 Å². The van der Waals surface area contributed by atoms with Crippen LogP contribution in [0.15, 0.2) is 36.7 Å². The molecule has 2 aromatic rings. The van der Waals surface area contributed by atoms with Gasteiger partial charge in [0.1, 0.15) is 0 Å². The van der Waals surface area contributed by atoms with E-state index in [2.05, 4.69) is 25.1 Å². The second-order valence-electron chi connectivity index (χ2n) is 7.41. The number of rotatable bonds is 5. The summed E-state index contributed by atoms with van der Waals surface area (Å²) in [5, 5.41) is 3.71. The fourth-order valence-corrected chi connectivity index (χ4v) is 3.98. The number of piperidine rings is 1. The predicted octanol–water partition coefficient (Wildman–Crippen LogP) is 2.50. The van der Waals surface area contributed by atoms with E-state index in [1.165, 1.54) is 0 Å². The third kappa shape index (κ3) is 4.97. The van der Waals surface area contributed by atoms with Crippen molar-refractivity contribution in [3.8, 4) is 0 Å². The molecule has 0 bridgehead atoms. The number of benzene rings is 1. The summed E-state index contributed by atoms with van der Waals surface area (Å²) < 4.78 is 5.37. The molecular weight excluding hydrogens is 390 g/mol. The first-order valence-corrected chi connectivity index (χ1v) is 10.5. The van der Waals surface area contributed by atoms with Gasteiger partial charge in [0.2, 0.25) is 11.9 Å². The molecule has 2 aliphatic heterocycles. The molecule has 3 heterocycles. The molecule has 0 unspecified atom stereocenters. The lowest BCUT2D eigenvalue weighted by Crippen LogP contribution is -2.40. The minimum Gasteiger partial charge on any atom is -0.378 e. The predicted molar refractivity (Wildman–Crippen MR) is 113 cm³/mol. The van der Waals surface area contributed by atoms with Gasteiger partial charge < -0.3 is 19.9 Å². The maximum Gasteiger partial charge on any atom is 0.225 e. The molecule has 2 fully saturated rings. The highest BCUT2D eigenvalue weighted by atomic mass is 35.5. The van der Waals surface area contributed by atoms with Crippen LogP contribution in [0.5, 0.6) is 0 Å². The number of hydrogen-bond donors (Lipinski definition) is 1. The molecule has 0 radical (unpaired) electrons. The van der Waals surface area contributed by atoms with Gasteiger partial charge in [-0.3, -0.25) is 4.79 Å². The fraction of sp³-hybridized carbons (Fsp3) is 0.476. The van der Waals surface area contributed by atoms with E-state index >= 15 is 0 Å². The van der Waals surface area contributed by atoms with Crippen molar-refractivity contribution in [2.45, 2.75) is 19.4 Å². The molecule has 4 rings (SSSR count). The van der Waals surface area contributed by atoms with Crippen LogP contribution < -0.4 is 15.1 Å². The fourth-order valence-electron chi connectivity index (χ4n) is 3.77. The van der Waals surface area contributed by atoms with Crippen LogP contribution in [-0.2, 0) is 16.1 Å². The molecule has 29 heavy (non-hydrogen) atoms. The summed E-state index contributed by atoms with van der Waals surface area (Å²) in [6.45, 7) is 5.21. The Labute approximate surface area is 176 Å². The van der Waals surface area contributed by atoms with Crippen LogP contribution in [-0.4, -0.2) is 55.3 Å². The van der Waals surface area contributed by atoms with E-state index in [-0.39, 0.29) is 11.8 Å². The maximum atomic E-state index is 12.5. The van der Waals surface area contributed by atoms with Crippen LogP contribution in [0.1, 0.15) is 18.4 Å². The monoisotopic (exact) mass is 415 g/mol. The molecule has 2 saturated heterocycles. The Bertz CT molecular complexity index is 818. The summed E-state index contributed by atoms with van der Waals surface area (Å²) in [5.74, 6) is 0.886. The zero-order valence-corrected chi connectivity index (χ0v) is 17.1. The first-order valence-electron chi connectivity index (χ1n) is 10.1. The van der Waals surface area contributed by atoms with Crippen LogP contribution in [0.2, 0.25) is 5.02 Å². The Kier molecular flexibility index (Phi) is 6.46. The van der Waals surface area contributed by atoms with Gasteiger partial charge in [-0.15, -0.1) is 0 Å². The molecule has 2 aliphatic rings. The molecule has 154 valence electrons. The summed E-state index contributed by atoms with van der Waals surface area (Å²) >= 11 is 6.16. The van der Waals surface area contributed by atoms with Crippen LogP contribution in [0, 0.1) is 5.92 Å². The maximum absolute atomic E-state index is 12.5. The molecule has 1 N–H and O–H groups in total. The highest BCUT2D eigenvalue weighted by molar-refractivity contribution is 6.31. The zero-order valence-electron chi connectivity index (χ0n) is 16.4. The first kappa shape index (κ1) is 19.9. The summed E-state index contributed by atoms with van der Waals surface area (Å²) in [5.41, 5.74) is 1.95. The number of anilines is 2. The molecule has 1 aromatic carbocycles. The number of ether oxygens (including phenoxy) is 1. The van der Waals surface area contributed by atoms with Gasteiger partial charge in [-0.25, -0.2) is 9.97 Å². The van der Waals surface area contributed by atoms with E-state index in [1.807, 2.05) is 36.7 Å². The Balaban J connectivity index is 1.26. The van der Waals surface area contributed by atoms with E-state index in [4.69, 9.17) is 16.3 Å². The van der Waals surface area contributed by atoms with Crippen LogP contribution in [0.25, 0.3) is 0 Å². The van der Waals surface area contributed by atoms with Gasteiger partial charge in [0, 0.05) is 43.7 Å². The van der Waals surface area contributed by atoms with Crippen molar-refractivity contribution in [1.29, 1.82) is 0 Å². The van der Waals surface area contributed by atoms with Gasteiger partial charge in [-0.1, -0.05) is 29.8 Å². The smallest absolute Gasteiger partial charge is 0.225 e. The molecular formula is C21H26ClN5O2. The van der Waals surface area contributed by atoms with Gasteiger partial charge in [0.05, 0.1) is 31.3 Å². The summed E-state index contributed by atoms with van der Waals surface area (Å²) in [4.78, 5) is 26.0. The Morgan fingerprint density at radius 1 is 1.07 bits per heavy atom. The van der Waals surface area contributed by atoms with Gasteiger partial charge in [-0.05, 0) is 24.5 Å². The number of hydrogen-bond acceptors (Lipinski definition) is 6. The number of morpholine rings is 1. The Morgan fingerprint density at radius 3 is 2.45 bits per heavy atom. The number of nitrogens with zero attached hydrogens (tertiary/aromatic N) is 4. The molecule has 7 nitrogen and oxygen atoms in total. The van der Waals surface area contributed by atoms with Crippen molar-refractivity contribution in [1.82, 2.24) is 15.3 Å². The highest BCUT2D eigenvalue weighted by Crippen LogP contribution is 2.24. The van der Waals surface area contributed by atoms with Crippen molar-refractivity contribution in [3.63, 3.8) is 0 Å². The van der Waals surface area contributed by atoms with E-state index in [0.29, 0.717) is 11.6 Å². The number of carbonyl (C=O) groups excluding carboxylic acids is 1. The first-order chi connectivity index (χ1) is 14.2. The molecule has 1 aromatic heterocycles. The van der Waals surface area contributed by atoms with Crippen molar-refractivity contribution >= 4 is 29.1 Å². The summed E-state index contributed by atoms with van der Waals surface area (Å²) in [6, 6.07) is 7.60. The third-order valence-electron chi connectivity index (χ3n) is 5.56. The standard InChI is InChI=1S/C21H26ClN5O2/c22-19-4-2-1-3-17(19)13-23-20(28)16-5-7-26(8-6-16)18-14-24-21(25-15-18)27-9-11-29-12-10-27/h1-4,14-16H,5-13H2,(H,23,28). The lowest BCUT2D eigenvalue weighted by molar-refractivity contribution is -0.125. The Morgan fingerprint density at radius 2 is 1.76 bits per heavy atom. The van der Waals surface area contributed by atoms with Crippen molar-refractivity contribution < 1.29 is 9.53 Å². The van der Waals surface area contributed by atoms with E-state index in [9.17, 15) is 4.79 Å². The SMILES string of the molecule is O=C(NCc1ccccc1Cl)C1CCN(c2cnc(N3CCOCC3)nc2)CC1. The van der Waals surface area contributed by atoms with Gasteiger partial charge >= 0.3 is 0 Å². The minimum absolute atomic E-state index is 0.0299. The second-order valence-corrected chi connectivity index (χ2v) is 7.82. The molecule has 0 aliphatic carbocycles. The highest BCUT2D eigenvalue weighted by Gasteiger charge is 2.25. The average Bonchev–Trinajstić information content (AvgIpc) is 2.79. The van der Waals surface area contributed by atoms with E-state index < -0.39 is 0 Å². The van der Waals surface area contributed by atoms with Crippen molar-refractivity contribution in [2.75, 3.05) is 49.2 Å². The second kappa shape index (κ2) is 9.41. The summed E-state index contributed by atoms with van der Waals surface area (Å²) in [6.07, 6.45) is 5.41. The molecule has 0 saturated carbocycles. The van der Waals surface area contributed by atoms with Crippen molar-refractivity contribution in [2.24, 2.45) is 5.92 Å². The van der Waals surface area contributed by atoms with Crippen LogP contribution in [0.4, 0.5) is 11.6 Å². The van der Waals surface area contributed by atoms with Crippen LogP contribution in [0.3, 0.4) is 0 Å². The number of halogens is 1. The van der Waals surface area contributed by atoms with E-state index in [0.717, 1.165) is 69.4 Å². The van der Waals surface area contributed by atoms with Crippen molar-refractivity contribution in [3.05, 3.63) is 47.2 Å². The minimum atomic E-state index is 0.0299. The zero-order chi connectivity index (χ0) is 20.1. The quantitative estimate of drug-likeness (QED) is 0.809. The number of aromatic nitrogens is 2. The molecule has 0 atom stereocenters.